The zero-order chi connectivity index (χ0) is 14.7. The van der Waals surface area contributed by atoms with E-state index in [0.717, 1.165) is 11.4 Å². The van der Waals surface area contributed by atoms with Gasteiger partial charge in [0, 0.05) is 23.9 Å². The second-order valence-electron chi connectivity index (χ2n) is 5.27. The molecule has 0 N–H and O–H groups in total. The number of fused-ring (bicyclic) bond motifs is 1. The van der Waals surface area contributed by atoms with Gasteiger partial charge in [-0.2, -0.15) is 0 Å². The molecule has 0 aliphatic carbocycles. The number of benzene rings is 2. The van der Waals surface area contributed by atoms with Gasteiger partial charge in [-0.05, 0) is 29.7 Å². The minimum atomic E-state index is 0.207. The molecule has 2 aromatic carbocycles. The minimum Gasteiger partial charge on any atom is -0.300 e. The second kappa shape index (κ2) is 6.19. The Morgan fingerprint density at radius 2 is 2.00 bits per heavy atom. The molecular weight excluding hydrogens is 278 g/mol. The summed E-state index contributed by atoms with van der Waals surface area (Å²) in [5.41, 5.74) is 1.24. The van der Waals surface area contributed by atoms with E-state index in [1.807, 2.05) is 11.6 Å². The van der Waals surface area contributed by atoms with Crippen LogP contribution in [-0.4, -0.2) is 10.8 Å². The van der Waals surface area contributed by atoms with Gasteiger partial charge in [0.1, 0.15) is 5.78 Å². The van der Waals surface area contributed by atoms with Gasteiger partial charge in [0.15, 0.2) is 0 Å². The third kappa shape index (κ3) is 3.19. The number of carbonyl (C=O) groups is 1. The van der Waals surface area contributed by atoms with Crippen LogP contribution in [0.5, 0.6) is 0 Å². The van der Waals surface area contributed by atoms with Gasteiger partial charge < -0.3 is 4.79 Å². The molecule has 3 heteroatoms. The molecule has 0 fully saturated rings. The SMILES string of the molecule is CC(=O)CCC(c1ccc2ccccc2c1)c1nccs1. The Morgan fingerprint density at radius 1 is 1.19 bits per heavy atom. The summed E-state index contributed by atoms with van der Waals surface area (Å²) in [4.78, 5) is 15.8. The molecule has 1 unspecified atom stereocenters. The van der Waals surface area contributed by atoms with Crippen LogP contribution in [0.4, 0.5) is 0 Å². The average Bonchev–Trinajstić information content (AvgIpc) is 3.01. The van der Waals surface area contributed by atoms with E-state index < -0.39 is 0 Å². The molecule has 1 atom stereocenters. The summed E-state index contributed by atoms with van der Waals surface area (Å²) in [5.74, 6) is 0.441. The first-order valence-electron chi connectivity index (χ1n) is 7.11. The number of carbonyl (C=O) groups excluding carboxylic acids is 1. The number of ketones is 1. The quantitative estimate of drug-likeness (QED) is 0.677. The zero-order valence-electron chi connectivity index (χ0n) is 12.0. The summed E-state index contributed by atoms with van der Waals surface area (Å²) in [6.45, 7) is 1.65. The van der Waals surface area contributed by atoms with E-state index in [9.17, 15) is 4.79 Å². The first-order chi connectivity index (χ1) is 10.2. The van der Waals surface area contributed by atoms with E-state index in [2.05, 4.69) is 47.4 Å². The van der Waals surface area contributed by atoms with Crippen molar-refractivity contribution >= 4 is 27.9 Å². The van der Waals surface area contributed by atoms with Crippen molar-refractivity contribution in [3.05, 3.63) is 64.6 Å². The maximum Gasteiger partial charge on any atom is 0.129 e. The molecule has 0 bridgehead atoms. The fourth-order valence-corrected chi connectivity index (χ4v) is 3.41. The number of hydrogen-bond acceptors (Lipinski definition) is 3. The molecule has 0 radical (unpaired) electrons. The summed E-state index contributed by atoms with van der Waals surface area (Å²) >= 11 is 1.66. The summed E-state index contributed by atoms with van der Waals surface area (Å²) in [7, 11) is 0. The van der Waals surface area contributed by atoms with Crippen LogP contribution in [0.25, 0.3) is 10.8 Å². The van der Waals surface area contributed by atoms with Crippen molar-refractivity contribution in [3.8, 4) is 0 Å². The van der Waals surface area contributed by atoms with Crippen molar-refractivity contribution in [3.63, 3.8) is 0 Å². The molecule has 106 valence electrons. The lowest BCUT2D eigenvalue weighted by Crippen LogP contribution is -2.03. The molecule has 0 aliphatic heterocycles. The monoisotopic (exact) mass is 295 g/mol. The summed E-state index contributed by atoms with van der Waals surface area (Å²) in [5, 5.41) is 5.56. The lowest BCUT2D eigenvalue weighted by atomic mass is 9.92. The van der Waals surface area contributed by atoms with Crippen molar-refractivity contribution < 1.29 is 4.79 Å². The van der Waals surface area contributed by atoms with E-state index in [1.165, 1.54) is 16.3 Å². The van der Waals surface area contributed by atoms with Crippen molar-refractivity contribution in [2.45, 2.75) is 25.7 Å². The maximum absolute atomic E-state index is 11.3. The number of Topliss-reactive ketones (excluding diaryl/α,β-unsaturated/α-hetero) is 1. The van der Waals surface area contributed by atoms with E-state index >= 15 is 0 Å². The van der Waals surface area contributed by atoms with Crippen LogP contribution < -0.4 is 0 Å². The zero-order valence-corrected chi connectivity index (χ0v) is 12.8. The molecule has 1 heterocycles. The number of rotatable bonds is 5. The average molecular weight is 295 g/mol. The molecule has 0 amide bonds. The van der Waals surface area contributed by atoms with E-state index in [4.69, 9.17) is 0 Å². The summed E-state index contributed by atoms with van der Waals surface area (Å²) in [6, 6.07) is 14.9. The van der Waals surface area contributed by atoms with Gasteiger partial charge in [0.2, 0.25) is 0 Å². The van der Waals surface area contributed by atoms with Gasteiger partial charge in [-0.15, -0.1) is 11.3 Å². The van der Waals surface area contributed by atoms with Crippen LogP contribution in [0.1, 0.15) is 36.3 Å². The molecular formula is C18H17NOS. The Labute approximate surface area is 128 Å². The molecule has 0 aliphatic rings. The van der Waals surface area contributed by atoms with E-state index in [1.54, 1.807) is 18.3 Å². The molecule has 0 saturated heterocycles. The highest BCUT2D eigenvalue weighted by atomic mass is 32.1. The standard InChI is InChI=1S/C18H17NOS/c1-13(20)6-9-17(18-19-10-11-21-18)16-8-7-14-4-2-3-5-15(14)12-16/h2-5,7-8,10-12,17H,6,9H2,1H3. The first kappa shape index (κ1) is 14.0. The Balaban J connectivity index is 1.99. The van der Waals surface area contributed by atoms with Gasteiger partial charge >= 0.3 is 0 Å². The van der Waals surface area contributed by atoms with Crippen LogP contribution in [0.3, 0.4) is 0 Å². The van der Waals surface area contributed by atoms with E-state index in [0.29, 0.717) is 6.42 Å². The summed E-state index contributed by atoms with van der Waals surface area (Å²) < 4.78 is 0. The predicted molar refractivity (Wildman–Crippen MR) is 87.8 cm³/mol. The smallest absolute Gasteiger partial charge is 0.129 e. The third-order valence-corrected chi connectivity index (χ3v) is 4.60. The van der Waals surface area contributed by atoms with Crippen LogP contribution in [0.15, 0.2) is 54.0 Å². The van der Waals surface area contributed by atoms with Crippen LogP contribution in [-0.2, 0) is 4.79 Å². The lowest BCUT2D eigenvalue weighted by Gasteiger charge is -2.15. The molecule has 21 heavy (non-hydrogen) atoms. The fourth-order valence-electron chi connectivity index (χ4n) is 2.61. The van der Waals surface area contributed by atoms with Crippen LogP contribution >= 0.6 is 11.3 Å². The highest BCUT2D eigenvalue weighted by molar-refractivity contribution is 7.09. The Hall–Kier alpha value is -2.00. The molecule has 1 aromatic heterocycles. The van der Waals surface area contributed by atoms with Crippen molar-refractivity contribution in [1.29, 1.82) is 0 Å². The Kier molecular flexibility index (Phi) is 4.11. The van der Waals surface area contributed by atoms with Gasteiger partial charge in [-0.25, -0.2) is 4.98 Å². The number of thiazole rings is 1. The van der Waals surface area contributed by atoms with Crippen LogP contribution in [0, 0.1) is 0 Å². The highest BCUT2D eigenvalue weighted by Gasteiger charge is 2.17. The van der Waals surface area contributed by atoms with Crippen molar-refractivity contribution in [2.75, 3.05) is 0 Å². The van der Waals surface area contributed by atoms with Gasteiger partial charge in [0.05, 0.1) is 5.01 Å². The van der Waals surface area contributed by atoms with Crippen molar-refractivity contribution in [2.24, 2.45) is 0 Å². The first-order valence-corrected chi connectivity index (χ1v) is 7.99. The van der Waals surface area contributed by atoms with Gasteiger partial charge in [-0.1, -0.05) is 42.5 Å². The predicted octanol–water partition coefficient (Wildman–Crippen LogP) is 4.80. The van der Waals surface area contributed by atoms with E-state index in [-0.39, 0.29) is 11.7 Å². The topological polar surface area (TPSA) is 30.0 Å². The second-order valence-corrected chi connectivity index (χ2v) is 6.20. The Bertz CT molecular complexity index is 749. The van der Waals surface area contributed by atoms with Crippen LogP contribution in [0.2, 0.25) is 0 Å². The maximum atomic E-state index is 11.3. The highest BCUT2D eigenvalue weighted by Crippen LogP contribution is 2.32. The fraction of sp³-hybridized carbons (Fsp3) is 0.222. The van der Waals surface area contributed by atoms with Gasteiger partial charge in [-0.3, -0.25) is 0 Å². The number of nitrogens with zero attached hydrogens (tertiary/aromatic N) is 1. The number of hydrogen-bond donors (Lipinski definition) is 0. The molecule has 3 aromatic rings. The normalized spacial score (nSPS) is 12.4. The van der Waals surface area contributed by atoms with Gasteiger partial charge in [0.25, 0.3) is 0 Å². The summed E-state index contributed by atoms with van der Waals surface area (Å²) in [6.07, 6.45) is 3.25. The molecule has 0 saturated carbocycles. The molecule has 2 nitrogen and oxygen atoms in total. The Morgan fingerprint density at radius 3 is 2.71 bits per heavy atom. The van der Waals surface area contributed by atoms with Crippen molar-refractivity contribution in [1.82, 2.24) is 4.98 Å². The lowest BCUT2D eigenvalue weighted by molar-refractivity contribution is -0.117. The molecule has 0 spiro atoms. The minimum absolute atomic E-state index is 0.207. The largest absolute Gasteiger partial charge is 0.300 e. The number of aromatic nitrogens is 1. The molecule has 3 rings (SSSR count). The third-order valence-electron chi connectivity index (χ3n) is 3.71.